The van der Waals surface area contributed by atoms with Gasteiger partial charge in [-0.3, -0.25) is 14.3 Å². The maximum atomic E-state index is 12.5. The number of amides is 2. The van der Waals surface area contributed by atoms with Gasteiger partial charge in [0.05, 0.1) is 13.2 Å². The Morgan fingerprint density at radius 3 is 2.78 bits per heavy atom. The SMILES string of the molecule is Cn1nc(NC(=O)C2CC2)c2c1CCN(C(=O)COCc1ccccc1)C2. The molecule has 27 heavy (non-hydrogen) atoms. The number of carbonyl (C=O) groups excluding carboxylic acids is 2. The topological polar surface area (TPSA) is 76.5 Å². The molecule has 0 atom stereocenters. The Hall–Kier alpha value is -2.67. The lowest BCUT2D eigenvalue weighted by molar-refractivity contribution is -0.137. The van der Waals surface area contributed by atoms with E-state index in [4.69, 9.17) is 4.74 Å². The van der Waals surface area contributed by atoms with E-state index in [1.165, 1.54) is 0 Å². The summed E-state index contributed by atoms with van der Waals surface area (Å²) in [5.41, 5.74) is 3.06. The first kappa shape index (κ1) is 17.7. The number of nitrogens with zero attached hydrogens (tertiary/aromatic N) is 3. The average Bonchev–Trinajstić information content (AvgIpc) is 3.49. The van der Waals surface area contributed by atoms with Crippen LogP contribution >= 0.6 is 0 Å². The van der Waals surface area contributed by atoms with Gasteiger partial charge < -0.3 is 15.0 Å². The standard InChI is InChI=1S/C20H24N4O3/c1-23-17-9-10-24(18(25)13-27-12-14-5-3-2-4-6-14)11-16(17)19(22-23)21-20(26)15-7-8-15/h2-6,15H,7-13H2,1H3,(H,21,22,26). The van der Waals surface area contributed by atoms with Crippen LogP contribution in [0.2, 0.25) is 0 Å². The lowest BCUT2D eigenvalue weighted by Gasteiger charge is -2.27. The Labute approximate surface area is 158 Å². The molecule has 2 aromatic rings. The third-order valence-corrected chi connectivity index (χ3v) is 5.12. The highest BCUT2D eigenvalue weighted by atomic mass is 16.5. The van der Waals surface area contributed by atoms with E-state index in [1.807, 2.05) is 42.1 Å². The summed E-state index contributed by atoms with van der Waals surface area (Å²) < 4.78 is 7.39. The second-order valence-electron chi connectivity index (χ2n) is 7.20. The molecule has 2 heterocycles. The monoisotopic (exact) mass is 368 g/mol. The van der Waals surface area contributed by atoms with Crippen LogP contribution in [-0.4, -0.2) is 39.6 Å². The first-order valence-electron chi connectivity index (χ1n) is 9.37. The Bertz CT molecular complexity index is 842. The van der Waals surface area contributed by atoms with Gasteiger partial charge in [-0.05, 0) is 18.4 Å². The largest absolute Gasteiger partial charge is 0.367 e. The number of ether oxygens (including phenoxy) is 1. The predicted molar refractivity (Wildman–Crippen MR) is 99.8 cm³/mol. The van der Waals surface area contributed by atoms with Crippen molar-refractivity contribution in [1.82, 2.24) is 14.7 Å². The number of benzene rings is 1. The van der Waals surface area contributed by atoms with Crippen LogP contribution in [0.25, 0.3) is 0 Å². The van der Waals surface area contributed by atoms with Crippen molar-refractivity contribution in [3.63, 3.8) is 0 Å². The molecule has 1 aromatic heterocycles. The lowest BCUT2D eigenvalue weighted by atomic mass is 10.1. The molecule has 0 saturated heterocycles. The lowest BCUT2D eigenvalue weighted by Crippen LogP contribution is -2.38. The van der Waals surface area contributed by atoms with E-state index in [1.54, 1.807) is 4.90 Å². The molecule has 1 aliphatic carbocycles. The molecule has 0 unspecified atom stereocenters. The molecular weight excluding hydrogens is 344 g/mol. The fraction of sp³-hybridized carbons (Fsp3) is 0.450. The summed E-state index contributed by atoms with van der Waals surface area (Å²) in [6, 6.07) is 9.80. The minimum Gasteiger partial charge on any atom is -0.367 e. The molecule has 7 nitrogen and oxygen atoms in total. The van der Waals surface area contributed by atoms with Gasteiger partial charge >= 0.3 is 0 Å². The molecule has 2 amide bonds. The third kappa shape index (κ3) is 4.03. The van der Waals surface area contributed by atoms with Crippen LogP contribution in [0.1, 0.15) is 29.7 Å². The molecule has 1 aromatic carbocycles. The van der Waals surface area contributed by atoms with Crippen molar-refractivity contribution in [3.05, 3.63) is 47.2 Å². The molecule has 1 fully saturated rings. The number of carbonyl (C=O) groups is 2. The molecule has 1 saturated carbocycles. The summed E-state index contributed by atoms with van der Waals surface area (Å²) in [5, 5.41) is 7.39. The van der Waals surface area contributed by atoms with E-state index in [9.17, 15) is 9.59 Å². The summed E-state index contributed by atoms with van der Waals surface area (Å²) >= 11 is 0. The number of aryl methyl sites for hydroxylation is 1. The van der Waals surface area contributed by atoms with Crippen molar-refractivity contribution in [2.24, 2.45) is 13.0 Å². The van der Waals surface area contributed by atoms with Crippen molar-refractivity contribution in [3.8, 4) is 0 Å². The van der Waals surface area contributed by atoms with Gasteiger partial charge in [0.15, 0.2) is 5.82 Å². The third-order valence-electron chi connectivity index (χ3n) is 5.12. The van der Waals surface area contributed by atoms with E-state index in [-0.39, 0.29) is 24.3 Å². The molecule has 4 rings (SSSR count). The van der Waals surface area contributed by atoms with Crippen molar-refractivity contribution in [2.45, 2.75) is 32.4 Å². The van der Waals surface area contributed by atoms with Gasteiger partial charge in [-0.1, -0.05) is 30.3 Å². The fourth-order valence-electron chi connectivity index (χ4n) is 3.39. The summed E-state index contributed by atoms with van der Waals surface area (Å²) in [4.78, 5) is 26.4. The van der Waals surface area contributed by atoms with E-state index in [0.29, 0.717) is 25.5 Å². The number of rotatable bonds is 6. The first-order valence-corrected chi connectivity index (χ1v) is 9.37. The number of hydrogen-bond donors (Lipinski definition) is 1. The van der Waals surface area contributed by atoms with Crippen LogP contribution in [0.3, 0.4) is 0 Å². The molecule has 7 heteroatoms. The molecule has 0 radical (unpaired) electrons. The van der Waals surface area contributed by atoms with Gasteiger partial charge in [0.1, 0.15) is 6.61 Å². The van der Waals surface area contributed by atoms with E-state index in [2.05, 4.69) is 10.4 Å². The number of fused-ring (bicyclic) bond motifs is 1. The van der Waals surface area contributed by atoms with Crippen LogP contribution in [0, 0.1) is 5.92 Å². The molecular formula is C20H24N4O3. The van der Waals surface area contributed by atoms with E-state index >= 15 is 0 Å². The summed E-state index contributed by atoms with van der Waals surface area (Å²) in [7, 11) is 1.88. The Balaban J connectivity index is 1.36. The van der Waals surface area contributed by atoms with Crippen molar-refractivity contribution >= 4 is 17.6 Å². The summed E-state index contributed by atoms with van der Waals surface area (Å²) in [6.45, 7) is 1.56. The molecule has 0 bridgehead atoms. The molecule has 142 valence electrons. The quantitative estimate of drug-likeness (QED) is 0.845. The number of hydrogen-bond acceptors (Lipinski definition) is 4. The zero-order valence-corrected chi connectivity index (χ0v) is 15.5. The number of aromatic nitrogens is 2. The smallest absolute Gasteiger partial charge is 0.248 e. The highest BCUT2D eigenvalue weighted by molar-refractivity contribution is 5.94. The van der Waals surface area contributed by atoms with Gasteiger partial charge in [-0.25, -0.2) is 0 Å². The second-order valence-corrected chi connectivity index (χ2v) is 7.20. The van der Waals surface area contributed by atoms with Crippen molar-refractivity contribution < 1.29 is 14.3 Å². The highest BCUT2D eigenvalue weighted by Crippen LogP contribution is 2.32. The zero-order chi connectivity index (χ0) is 18.8. The Morgan fingerprint density at radius 1 is 1.26 bits per heavy atom. The van der Waals surface area contributed by atoms with Gasteiger partial charge in [0, 0.05) is 37.2 Å². The van der Waals surface area contributed by atoms with Crippen LogP contribution in [-0.2, 0) is 40.9 Å². The maximum absolute atomic E-state index is 12.5. The van der Waals surface area contributed by atoms with Gasteiger partial charge in [-0.2, -0.15) is 5.10 Å². The van der Waals surface area contributed by atoms with Gasteiger partial charge in [0.25, 0.3) is 0 Å². The van der Waals surface area contributed by atoms with Crippen LogP contribution in [0.4, 0.5) is 5.82 Å². The maximum Gasteiger partial charge on any atom is 0.248 e. The Kier molecular flexibility index (Phi) is 4.94. The first-order chi connectivity index (χ1) is 13.1. The fourth-order valence-corrected chi connectivity index (χ4v) is 3.39. The van der Waals surface area contributed by atoms with Gasteiger partial charge in [0.2, 0.25) is 11.8 Å². The van der Waals surface area contributed by atoms with E-state index < -0.39 is 0 Å². The zero-order valence-electron chi connectivity index (χ0n) is 15.5. The molecule has 0 spiro atoms. The number of anilines is 1. The van der Waals surface area contributed by atoms with Crippen LogP contribution < -0.4 is 5.32 Å². The second kappa shape index (κ2) is 7.52. The summed E-state index contributed by atoms with van der Waals surface area (Å²) in [5.74, 6) is 0.702. The average molecular weight is 368 g/mol. The summed E-state index contributed by atoms with van der Waals surface area (Å²) in [6.07, 6.45) is 2.62. The predicted octanol–water partition coefficient (Wildman–Crippen LogP) is 1.87. The molecule has 1 N–H and O–H groups in total. The highest BCUT2D eigenvalue weighted by Gasteiger charge is 2.32. The molecule has 2 aliphatic rings. The van der Waals surface area contributed by atoms with E-state index in [0.717, 1.165) is 36.1 Å². The van der Waals surface area contributed by atoms with Crippen molar-refractivity contribution in [1.29, 1.82) is 0 Å². The minimum atomic E-state index is -0.0418. The number of nitrogens with one attached hydrogen (secondary N) is 1. The molecule has 1 aliphatic heterocycles. The van der Waals surface area contributed by atoms with Crippen molar-refractivity contribution in [2.75, 3.05) is 18.5 Å². The Morgan fingerprint density at radius 2 is 2.04 bits per heavy atom. The normalized spacial score (nSPS) is 16.1. The van der Waals surface area contributed by atoms with Gasteiger partial charge in [-0.15, -0.1) is 0 Å². The van der Waals surface area contributed by atoms with Crippen LogP contribution in [0.5, 0.6) is 0 Å². The minimum absolute atomic E-state index is 0.0329. The van der Waals surface area contributed by atoms with Crippen LogP contribution in [0.15, 0.2) is 30.3 Å².